The number of hydrogen-bond donors (Lipinski definition) is 1. The maximum atomic E-state index is 12.3. The molecule has 130 valence electrons. The van der Waals surface area contributed by atoms with Crippen LogP contribution in [0.2, 0.25) is 18.1 Å². The first-order valence-corrected chi connectivity index (χ1v) is 11.0. The third kappa shape index (κ3) is 4.96. The molecule has 0 aromatic rings. The van der Waals surface area contributed by atoms with Gasteiger partial charge in [0.1, 0.15) is 5.60 Å². The zero-order valence-corrected chi connectivity index (χ0v) is 16.4. The Labute approximate surface area is 136 Å². The summed E-state index contributed by atoms with van der Waals surface area (Å²) in [5, 5.41) is 10.3. The molecule has 1 N–H and O–H groups in total. The second kappa shape index (κ2) is 6.49. The zero-order valence-electron chi connectivity index (χ0n) is 15.4. The van der Waals surface area contributed by atoms with Crippen molar-refractivity contribution in [2.75, 3.05) is 13.2 Å². The molecule has 0 aromatic heterocycles. The third-order valence-electron chi connectivity index (χ3n) is 4.56. The number of aliphatic hydroxyl groups is 1. The lowest BCUT2D eigenvalue weighted by Gasteiger charge is -2.38. The van der Waals surface area contributed by atoms with Crippen molar-refractivity contribution in [3.8, 4) is 0 Å². The number of ether oxygens (including phenoxy) is 1. The van der Waals surface area contributed by atoms with Crippen molar-refractivity contribution in [1.82, 2.24) is 4.90 Å². The number of carbonyl (C=O) groups excluding carboxylic acids is 1. The maximum Gasteiger partial charge on any atom is 0.410 e. The second-order valence-corrected chi connectivity index (χ2v) is 13.5. The van der Waals surface area contributed by atoms with Gasteiger partial charge in [-0.1, -0.05) is 20.8 Å². The summed E-state index contributed by atoms with van der Waals surface area (Å²) in [6.45, 7) is 17.3. The number of rotatable bonds is 3. The van der Waals surface area contributed by atoms with Gasteiger partial charge in [0, 0.05) is 6.54 Å². The second-order valence-electron chi connectivity index (χ2n) is 8.67. The summed E-state index contributed by atoms with van der Waals surface area (Å²) in [7, 11) is -1.90. The lowest BCUT2D eigenvalue weighted by Crippen LogP contribution is -2.49. The third-order valence-corrected chi connectivity index (χ3v) is 9.06. The lowest BCUT2D eigenvalue weighted by atomic mass is 10.2. The van der Waals surface area contributed by atoms with Gasteiger partial charge >= 0.3 is 6.09 Å². The molecule has 1 fully saturated rings. The first kappa shape index (κ1) is 19.5. The Morgan fingerprint density at radius 2 is 1.77 bits per heavy atom. The number of amides is 1. The summed E-state index contributed by atoms with van der Waals surface area (Å²) in [5.74, 6) is 0. The van der Waals surface area contributed by atoms with Gasteiger partial charge in [-0.2, -0.15) is 0 Å². The largest absolute Gasteiger partial charge is 0.444 e. The van der Waals surface area contributed by atoms with Crippen LogP contribution in [0, 0.1) is 0 Å². The highest BCUT2D eigenvalue weighted by Gasteiger charge is 2.42. The van der Waals surface area contributed by atoms with Gasteiger partial charge in [0.2, 0.25) is 0 Å². The fraction of sp³-hybridized carbons (Fsp3) is 0.938. The van der Waals surface area contributed by atoms with Crippen LogP contribution in [0.25, 0.3) is 0 Å². The van der Waals surface area contributed by atoms with Crippen LogP contribution in [0.1, 0.15) is 48.0 Å². The summed E-state index contributed by atoms with van der Waals surface area (Å²) in [5.41, 5.74) is -0.532. The van der Waals surface area contributed by atoms with Crippen LogP contribution in [-0.2, 0) is 9.16 Å². The molecular formula is C16H33NO4Si. The molecule has 2 atom stereocenters. The van der Waals surface area contributed by atoms with Gasteiger partial charge < -0.3 is 19.2 Å². The standard InChI is InChI=1S/C16H33NO4Si/c1-15(2,3)21-14(19)17-10-9-13(18)12(17)11-20-22(7,8)16(4,5)6/h12-13,18H,9-11H2,1-8H3/t12-,13-/m0/s1. The summed E-state index contributed by atoms with van der Waals surface area (Å²) in [6.07, 6.45) is -0.338. The average Bonchev–Trinajstić information content (AvgIpc) is 2.64. The van der Waals surface area contributed by atoms with Crippen LogP contribution in [0.5, 0.6) is 0 Å². The fourth-order valence-electron chi connectivity index (χ4n) is 2.10. The van der Waals surface area contributed by atoms with E-state index in [0.717, 1.165) is 0 Å². The summed E-state index contributed by atoms with van der Waals surface area (Å²) in [4.78, 5) is 13.9. The van der Waals surface area contributed by atoms with Crippen molar-refractivity contribution >= 4 is 14.4 Å². The van der Waals surface area contributed by atoms with E-state index in [-0.39, 0.29) is 17.2 Å². The Morgan fingerprint density at radius 1 is 1.23 bits per heavy atom. The van der Waals surface area contributed by atoms with Crippen molar-refractivity contribution in [1.29, 1.82) is 0 Å². The predicted octanol–water partition coefficient (Wildman–Crippen LogP) is 3.38. The van der Waals surface area contributed by atoms with E-state index in [1.54, 1.807) is 4.90 Å². The van der Waals surface area contributed by atoms with Crippen molar-refractivity contribution in [3.63, 3.8) is 0 Å². The topological polar surface area (TPSA) is 59.0 Å². The van der Waals surface area contributed by atoms with Crippen LogP contribution >= 0.6 is 0 Å². The molecule has 0 unspecified atom stereocenters. The Hall–Kier alpha value is -0.593. The first-order valence-electron chi connectivity index (χ1n) is 8.06. The van der Waals surface area contributed by atoms with Crippen LogP contribution < -0.4 is 0 Å². The molecule has 5 nitrogen and oxygen atoms in total. The molecule has 0 spiro atoms. The smallest absolute Gasteiger partial charge is 0.410 e. The molecule has 0 radical (unpaired) electrons. The Kier molecular flexibility index (Phi) is 5.74. The van der Waals surface area contributed by atoms with Crippen molar-refractivity contribution in [3.05, 3.63) is 0 Å². The minimum atomic E-state index is -1.90. The molecule has 0 bridgehead atoms. The van der Waals surface area contributed by atoms with Gasteiger partial charge in [0.05, 0.1) is 18.8 Å². The summed E-state index contributed by atoms with van der Waals surface area (Å²) < 4.78 is 11.6. The molecule has 1 aliphatic heterocycles. The van der Waals surface area contributed by atoms with E-state index < -0.39 is 20.0 Å². The van der Waals surface area contributed by atoms with Gasteiger partial charge in [0.25, 0.3) is 0 Å². The highest BCUT2D eigenvalue weighted by molar-refractivity contribution is 6.74. The highest BCUT2D eigenvalue weighted by atomic mass is 28.4. The number of nitrogens with zero attached hydrogens (tertiary/aromatic N) is 1. The van der Waals surface area contributed by atoms with Crippen molar-refractivity contribution < 1.29 is 19.1 Å². The number of hydrogen-bond acceptors (Lipinski definition) is 4. The van der Waals surface area contributed by atoms with Gasteiger partial charge in [-0.15, -0.1) is 0 Å². The van der Waals surface area contributed by atoms with Crippen LogP contribution in [0.15, 0.2) is 0 Å². The number of carbonyl (C=O) groups is 1. The number of likely N-dealkylation sites (tertiary alicyclic amines) is 1. The quantitative estimate of drug-likeness (QED) is 0.806. The van der Waals surface area contributed by atoms with E-state index in [2.05, 4.69) is 33.9 Å². The Balaban J connectivity index is 2.72. The molecule has 22 heavy (non-hydrogen) atoms. The summed E-state index contributed by atoms with van der Waals surface area (Å²) in [6, 6.07) is -0.316. The molecule has 0 aromatic carbocycles. The van der Waals surface area contributed by atoms with E-state index >= 15 is 0 Å². The van der Waals surface area contributed by atoms with E-state index in [9.17, 15) is 9.90 Å². The summed E-state index contributed by atoms with van der Waals surface area (Å²) >= 11 is 0. The van der Waals surface area contributed by atoms with Crippen LogP contribution in [-0.4, -0.2) is 55.3 Å². The molecule has 1 saturated heterocycles. The van der Waals surface area contributed by atoms with E-state index in [0.29, 0.717) is 19.6 Å². The van der Waals surface area contributed by atoms with Crippen molar-refractivity contribution in [2.45, 2.75) is 83.8 Å². The van der Waals surface area contributed by atoms with E-state index in [4.69, 9.17) is 9.16 Å². The molecular weight excluding hydrogens is 298 g/mol. The lowest BCUT2D eigenvalue weighted by molar-refractivity contribution is 0.00763. The fourth-order valence-corrected chi connectivity index (χ4v) is 3.12. The Bertz CT molecular complexity index is 398. The minimum Gasteiger partial charge on any atom is -0.444 e. The van der Waals surface area contributed by atoms with Crippen LogP contribution in [0.3, 0.4) is 0 Å². The van der Waals surface area contributed by atoms with Gasteiger partial charge in [-0.25, -0.2) is 4.79 Å². The average molecular weight is 332 g/mol. The maximum absolute atomic E-state index is 12.3. The zero-order chi connectivity index (χ0) is 17.3. The van der Waals surface area contributed by atoms with E-state index in [1.807, 2.05) is 20.8 Å². The normalized spacial score (nSPS) is 23.8. The van der Waals surface area contributed by atoms with Crippen LogP contribution in [0.4, 0.5) is 4.79 Å². The molecule has 1 amide bonds. The van der Waals surface area contributed by atoms with Gasteiger partial charge in [0.15, 0.2) is 8.32 Å². The van der Waals surface area contributed by atoms with E-state index in [1.165, 1.54) is 0 Å². The SMILES string of the molecule is CC(C)(C)OC(=O)N1CC[C@H](O)[C@@H]1CO[Si](C)(C)C(C)(C)C. The van der Waals surface area contributed by atoms with Gasteiger partial charge in [-0.3, -0.25) is 0 Å². The van der Waals surface area contributed by atoms with Gasteiger partial charge in [-0.05, 0) is 45.3 Å². The van der Waals surface area contributed by atoms with Crippen molar-refractivity contribution in [2.24, 2.45) is 0 Å². The molecule has 6 heteroatoms. The Morgan fingerprint density at radius 3 is 2.23 bits per heavy atom. The molecule has 1 aliphatic rings. The highest BCUT2D eigenvalue weighted by Crippen LogP contribution is 2.37. The number of aliphatic hydroxyl groups excluding tert-OH is 1. The predicted molar refractivity (Wildman–Crippen MR) is 90.5 cm³/mol. The molecule has 1 heterocycles. The first-order chi connectivity index (χ1) is 9.74. The molecule has 0 saturated carbocycles. The monoisotopic (exact) mass is 331 g/mol. The molecule has 1 rings (SSSR count). The minimum absolute atomic E-state index is 0.104. The molecule has 0 aliphatic carbocycles.